The van der Waals surface area contributed by atoms with Crippen LogP contribution in [0.1, 0.15) is 43.7 Å². The molecule has 4 N–H and O–H groups in total. The minimum Gasteiger partial charge on any atom is -0.481 e. The number of nitrogens with two attached hydrogens (primary N) is 1. The first-order chi connectivity index (χ1) is 10.4. The molecule has 1 rings (SSSR count). The molecule has 1 aromatic carbocycles. The number of rotatable bonds is 9. The molecule has 2 unspecified atom stereocenters. The molecule has 0 aliphatic carbocycles. The third kappa shape index (κ3) is 7.78. The number of carboxylic acid groups (broad SMARTS) is 1. The molecule has 5 nitrogen and oxygen atoms in total. The van der Waals surface area contributed by atoms with E-state index in [4.69, 9.17) is 10.8 Å². The zero-order valence-corrected chi connectivity index (χ0v) is 13.3. The van der Waals surface area contributed by atoms with Crippen molar-refractivity contribution < 1.29 is 14.7 Å². The standard InChI is InChI=1S/C17H26N2O3/c1-12-6-8-14(9-7-12)4-3-5-16(20)19-13(2)10-15(18)11-17(21)22/h6-9,13,15H,3-5,10-11,18H2,1-2H3,(H,19,20)(H,21,22). The van der Waals surface area contributed by atoms with Gasteiger partial charge in [0.25, 0.3) is 0 Å². The minimum absolute atomic E-state index is 0.0119. The van der Waals surface area contributed by atoms with E-state index in [0.717, 1.165) is 12.8 Å². The molecule has 0 aliphatic rings. The van der Waals surface area contributed by atoms with Crippen LogP contribution in [0, 0.1) is 6.92 Å². The van der Waals surface area contributed by atoms with Gasteiger partial charge in [-0.3, -0.25) is 9.59 Å². The summed E-state index contributed by atoms with van der Waals surface area (Å²) in [6, 6.07) is 7.77. The predicted molar refractivity (Wildman–Crippen MR) is 86.6 cm³/mol. The quantitative estimate of drug-likeness (QED) is 0.650. The maximum absolute atomic E-state index is 11.8. The Morgan fingerprint density at radius 2 is 1.91 bits per heavy atom. The number of amides is 1. The summed E-state index contributed by atoms with van der Waals surface area (Å²) in [7, 11) is 0. The van der Waals surface area contributed by atoms with E-state index in [-0.39, 0.29) is 18.4 Å². The van der Waals surface area contributed by atoms with Crippen molar-refractivity contribution in [3.8, 4) is 0 Å². The highest BCUT2D eigenvalue weighted by Gasteiger charge is 2.14. The van der Waals surface area contributed by atoms with Crippen LogP contribution in [0.2, 0.25) is 0 Å². The Hall–Kier alpha value is -1.88. The maximum atomic E-state index is 11.8. The molecule has 5 heteroatoms. The third-order valence-electron chi connectivity index (χ3n) is 3.49. The Labute approximate surface area is 131 Å². The first-order valence-corrected chi connectivity index (χ1v) is 7.69. The van der Waals surface area contributed by atoms with Crippen molar-refractivity contribution in [3.63, 3.8) is 0 Å². The van der Waals surface area contributed by atoms with E-state index >= 15 is 0 Å². The molecule has 0 fully saturated rings. The van der Waals surface area contributed by atoms with E-state index in [1.54, 1.807) is 0 Å². The van der Waals surface area contributed by atoms with Crippen LogP contribution in [-0.2, 0) is 16.0 Å². The first kappa shape index (κ1) is 18.2. The number of carboxylic acids is 1. The number of aliphatic carboxylic acids is 1. The average Bonchev–Trinajstić information content (AvgIpc) is 2.39. The third-order valence-corrected chi connectivity index (χ3v) is 3.49. The van der Waals surface area contributed by atoms with Crippen LogP contribution in [-0.4, -0.2) is 29.1 Å². The Bertz CT molecular complexity index is 485. The van der Waals surface area contributed by atoms with Crippen LogP contribution >= 0.6 is 0 Å². The molecular formula is C17H26N2O3. The van der Waals surface area contributed by atoms with Crippen LogP contribution in [0.25, 0.3) is 0 Å². The summed E-state index contributed by atoms with van der Waals surface area (Å²) in [4.78, 5) is 22.4. The van der Waals surface area contributed by atoms with Gasteiger partial charge in [-0.2, -0.15) is 0 Å². The number of hydrogen-bond donors (Lipinski definition) is 3. The van der Waals surface area contributed by atoms with Crippen molar-refractivity contribution in [2.45, 2.75) is 58.0 Å². The van der Waals surface area contributed by atoms with Gasteiger partial charge in [0.05, 0.1) is 6.42 Å². The zero-order chi connectivity index (χ0) is 16.5. The molecule has 122 valence electrons. The van der Waals surface area contributed by atoms with Gasteiger partial charge in [0.2, 0.25) is 5.91 Å². The fourth-order valence-electron chi connectivity index (χ4n) is 2.38. The number of benzene rings is 1. The lowest BCUT2D eigenvalue weighted by atomic mass is 10.0. The van der Waals surface area contributed by atoms with Gasteiger partial charge in [0.15, 0.2) is 0 Å². The fraction of sp³-hybridized carbons (Fsp3) is 0.529. The SMILES string of the molecule is Cc1ccc(CCCC(=O)NC(C)CC(N)CC(=O)O)cc1. The van der Waals surface area contributed by atoms with E-state index < -0.39 is 12.0 Å². The molecule has 0 bridgehead atoms. The summed E-state index contributed by atoms with van der Waals surface area (Å²) in [6.07, 6.45) is 2.53. The van der Waals surface area contributed by atoms with Gasteiger partial charge < -0.3 is 16.2 Å². The minimum atomic E-state index is -0.913. The summed E-state index contributed by atoms with van der Waals surface area (Å²) in [5.74, 6) is -0.925. The zero-order valence-electron chi connectivity index (χ0n) is 13.3. The van der Waals surface area contributed by atoms with Gasteiger partial charge >= 0.3 is 5.97 Å². The Balaban J connectivity index is 2.22. The molecule has 0 aromatic heterocycles. The molecule has 1 amide bonds. The van der Waals surface area contributed by atoms with Crippen LogP contribution < -0.4 is 11.1 Å². The smallest absolute Gasteiger partial charge is 0.304 e. The van der Waals surface area contributed by atoms with Gasteiger partial charge in [0, 0.05) is 18.5 Å². The Morgan fingerprint density at radius 3 is 2.50 bits per heavy atom. The number of aryl methyl sites for hydroxylation is 2. The lowest BCUT2D eigenvalue weighted by Crippen LogP contribution is -2.38. The number of carbonyl (C=O) groups excluding carboxylic acids is 1. The molecule has 0 aliphatic heterocycles. The molecule has 0 radical (unpaired) electrons. The van der Waals surface area contributed by atoms with E-state index in [1.807, 2.05) is 13.8 Å². The second-order valence-corrected chi connectivity index (χ2v) is 5.90. The number of nitrogens with one attached hydrogen (secondary N) is 1. The van der Waals surface area contributed by atoms with E-state index in [0.29, 0.717) is 12.8 Å². The van der Waals surface area contributed by atoms with Gasteiger partial charge in [-0.25, -0.2) is 0 Å². The Kier molecular flexibility index (Phi) is 7.60. The molecule has 0 heterocycles. The number of hydrogen-bond acceptors (Lipinski definition) is 3. The highest BCUT2D eigenvalue weighted by atomic mass is 16.4. The van der Waals surface area contributed by atoms with Crippen molar-refractivity contribution in [2.75, 3.05) is 0 Å². The van der Waals surface area contributed by atoms with Crippen molar-refractivity contribution in [1.29, 1.82) is 0 Å². The molecule has 0 spiro atoms. The number of carbonyl (C=O) groups is 2. The monoisotopic (exact) mass is 306 g/mol. The highest BCUT2D eigenvalue weighted by Crippen LogP contribution is 2.07. The van der Waals surface area contributed by atoms with Crippen LogP contribution in [0.15, 0.2) is 24.3 Å². The summed E-state index contributed by atoms with van der Waals surface area (Å²) < 4.78 is 0. The van der Waals surface area contributed by atoms with Gasteiger partial charge in [0.1, 0.15) is 0 Å². The lowest BCUT2D eigenvalue weighted by molar-refractivity contribution is -0.137. The van der Waals surface area contributed by atoms with Gasteiger partial charge in [-0.15, -0.1) is 0 Å². The van der Waals surface area contributed by atoms with Crippen molar-refractivity contribution in [2.24, 2.45) is 5.73 Å². The predicted octanol–water partition coefficient (Wildman–Crippen LogP) is 2.01. The summed E-state index contributed by atoms with van der Waals surface area (Å²) in [5, 5.41) is 11.5. The van der Waals surface area contributed by atoms with Crippen LogP contribution in [0.3, 0.4) is 0 Å². The van der Waals surface area contributed by atoms with E-state index in [2.05, 4.69) is 29.6 Å². The van der Waals surface area contributed by atoms with Crippen molar-refractivity contribution >= 4 is 11.9 Å². The molecule has 1 aromatic rings. The topological polar surface area (TPSA) is 92.4 Å². The van der Waals surface area contributed by atoms with Gasteiger partial charge in [-0.1, -0.05) is 29.8 Å². The summed E-state index contributed by atoms with van der Waals surface area (Å²) in [5.41, 5.74) is 8.17. The van der Waals surface area contributed by atoms with Crippen molar-refractivity contribution in [3.05, 3.63) is 35.4 Å². The Morgan fingerprint density at radius 1 is 1.27 bits per heavy atom. The highest BCUT2D eigenvalue weighted by molar-refractivity contribution is 5.76. The lowest BCUT2D eigenvalue weighted by Gasteiger charge is -2.17. The summed E-state index contributed by atoms with van der Waals surface area (Å²) in [6.45, 7) is 3.90. The molecule has 22 heavy (non-hydrogen) atoms. The second kappa shape index (κ2) is 9.20. The maximum Gasteiger partial charge on any atom is 0.304 e. The molecule has 2 atom stereocenters. The summed E-state index contributed by atoms with van der Waals surface area (Å²) >= 11 is 0. The first-order valence-electron chi connectivity index (χ1n) is 7.69. The average molecular weight is 306 g/mol. The van der Waals surface area contributed by atoms with Crippen molar-refractivity contribution in [1.82, 2.24) is 5.32 Å². The fourth-order valence-corrected chi connectivity index (χ4v) is 2.38. The normalized spacial score (nSPS) is 13.4. The van der Waals surface area contributed by atoms with Crippen LogP contribution in [0.4, 0.5) is 0 Å². The van der Waals surface area contributed by atoms with Crippen LogP contribution in [0.5, 0.6) is 0 Å². The van der Waals surface area contributed by atoms with E-state index in [1.165, 1.54) is 11.1 Å². The second-order valence-electron chi connectivity index (χ2n) is 5.90. The van der Waals surface area contributed by atoms with E-state index in [9.17, 15) is 9.59 Å². The molecule has 0 saturated carbocycles. The van der Waals surface area contributed by atoms with Gasteiger partial charge in [-0.05, 0) is 38.7 Å². The molecular weight excluding hydrogens is 280 g/mol. The molecule has 0 saturated heterocycles. The largest absolute Gasteiger partial charge is 0.481 e.